The second kappa shape index (κ2) is 6.85. The molecule has 0 bridgehead atoms. The molecule has 1 aromatic carbocycles. The Balaban J connectivity index is 2.24. The lowest BCUT2D eigenvalue weighted by Gasteiger charge is -2.16. The molecule has 94 valence electrons. The first-order valence-electron chi connectivity index (χ1n) is 5.44. The van der Waals surface area contributed by atoms with Crippen molar-refractivity contribution in [3.05, 3.63) is 30.1 Å². The molecule has 0 saturated heterocycles. The topological polar surface area (TPSA) is 55.6 Å². The number of primary amides is 1. The molecule has 0 aliphatic heterocycles. The summed E-state index contributed by atoms with van der Waals surface area (Å²) in [5.41, 5.74) is 5.03. The second-order valence-electron chi connectivity index (χ2n) is 3.80. The number of benzene rings is 1. The minimum atomic E-state index is -0.368. The lowest BCUT2D eigenvalue weighted by atomic mass is 10.3. The zero-order valence-electron chi connectivity index (χ0n) is 9.86. The molecule has 2 N–H and O–H groups in total. The summed E-state index contributed by atoms with van der Waals surface area (Å²) in [6.07, 6.45) is 0.316. The normalized spacial score (nSPS) is 10.5. The molecule has 17 heavy (non-hydrogen) atoms. The second-order valence-corrected chi connectivity index (χ2v) is 3.80. The molecule has 0 unspecified atom stereocenters. The number of para-hydroxylation sites is 1. The monoisotopic (exact) mass is 240 g/mol. The van der Waals surface area contributed by atoms with Crippen molar-refractivity contribution in [1.82, 2.24) is 4.90 Å². The third-order valence-electron chi connectivity index (χ3n) is 2.31. The van der Waals surface area contributed by atoms with Crippen LogP contribution in [0.1, 0.15) is 6.42 Å². The van der Waals surface area contributed by atoms with Crippen molar-refractivity contribution in [2.24, 2.45) is 5.73 Å². The summed E-state index contributed by atoms with van der Waals surface area (Å²) in [5.74, 6) is -0.449. The molecule has 1 amide bonds. The van der Waals surface area contributed by atoms with E-state index in [0.29, 0.717) is 26.1 Å². The molecule has 0 aromatic heterocycles. The Morgan fingerprint density at radius 3 is 2.76 bits per heavy atom. The molecule has 4 nitrogen and oxygen atoms in total. The maximum atomic E-state index is 13.2. The molecule has 1 aromatic rings. The summed E-state index contributed by atoms with van der Waals surface area (Å²) in [7, 11) is 1.85. The standard InChI is InChI=1S/C12H17FN2O2/c1-15(7-6-12(14)16)8-9-17-11-5-3-2-4-10(11)13/h2-5H,6-9H2,1H3,(H2,14,16). The van der Waals surface area contributed by atoms with E-state index >= 15 is 0 Å². The van der Waals surface area contributed by atoms with E-state index in [-0.39, 0.29) is 17.5 Å². The Morgan fingerprint density at radius 1 is 1.41 bits per heavy atom. The molecule has 0 heterocycles. The maximum Gasteiger partial charge on any atom is 0.218 e. The minimum Gasteiger partial charge on any atom is -0.489 e. The molecular weight excluding hydrogens is 223 g/mol. The van der Waals surface area contributed by atoms with Crippen molar-refractivity contribution in [2.75, 3.05) is 26.7 Å². The van der Waals surface area contributed by atoms with Crippen molar-refractivity contribution in [2.45, 2.75) is 6.42 Å². The fourth-order valence-electron chi connectivity index (χ4n) is 1.29. The van der Waals surface area contributed by atoms with Gasteiger partial charge < -0.3 is 15.4 Å². The SMILES string of the molecule is CN(CCOc1ccccc1F)CCC(N)=O. The van der Waals surface area contributed by atoms with E-state index in [0.717, 1.165) is 0 Å². The third kappa shape index (κ3) is 5.31. The van der Waals surface area contributed by atoms with Gasteiger partial charge in [0.25, 0.3) is 0 Å². The van der Waals surface area contributed by atoms with Gasteiger partial charge in [0.05, 0.1) is 0 Å². The van der Waals surface area contributed by atoms with Gasteiger partial charge in [-0.05, 0) is 19.2 Å². The van der Waals surface area contributed by atoms with Crippen LogP contribution in [0.4, 0.5) is 4.39 Å². The van der Waals surface area contributed by atoms with Gasteiger partial charge in [-0.2, -0.15) is 0 Å². The van der Waals surface area contributed by atoms with Crippen molar-refractivity contribution in [3.8, 4) is 5.75 Å². The minimum absolute atomic E-state index is 0.246. The Bertz CT molecular complexity index is 371. The smallest absolute Gasteiger partial charge is 0.218 e. The molecule has 1 rings (SSSR count). The van der Waals surface area contributed by atoms with Crippen LogP contribution in [-0.2, 0) is 4.79 Å². The van der Waals surface area contributed by atoms with Gasteiger partial charge in [0.1, 0.15) is 6.61 Å². The number of rotatable bonds is 7. The Morgan fingerprint density at radius 2 is 2.12 bits per heavy atom. The van der Waals surface area contributed by atoms with Crippen molar-refractivity contribution in [3.63, 3.8) is 0 Å². The van der Waals surface area contributed by atoms with Gasteiger partial charge in [-0.1, -0.05) is 12.1 Å². The van der Waals surface area contributed by atoms with E-state index in [2.05, 4.69) is 0 Å². The molecule has 0 fully saturated rings. The highest BCUT2D eigenvalue weighted by Gasteiger charge is 2.03. The first kappa shape index (κ1) is 13.4. The largest absolute Gasteiger partial charge is 0.489 e. The van der Waals surface area contributed by atoms with Crippen LogP contribution in [0.25, 0.3) is 0 Å². The van der Waals surface area contributed by atoms with E-state index in [1.807, 2.05) is 11.9 Å². The Kier molecular flexibility index (Phi) is 5.42. The number of carbonyl (C=O) groups is 1. The predicted molar refractivity (Wildman–Crippen MR) is 63.2 cm³/mol. The summed E-state index contributed by atoms with van der Waals surface area (Å²) in [4.78, 5) is 12.5. The number of ether oxygens (including phenoxy) is 1. The van der Waals surface area contributed by atoms with E-state index in [4.69, 9.17) is 10.5 Å². The molecular formula is C12H17FN2O2. The van der Waals surface area contributed by atoms with Crippen LogP contribution in [0, 0.1) is 5.82 Å². The first-order valence-corrected chi connectivity index (χ1v) is 5.44. The van der Waals surface area contributed by atoms with Crippen LogP contribution in [0.5, 0.6) is 5.75 Å². The molecule has 5 heteroatoms. The fourth-order valence-corrected chi connectivity index (χ4v) is 1.29. The maximum absolute atomic E-state index is 13.2. The fraction of sp³-hybridized carbons (Fsp3) is 0.417. The quantitative estimate of drug-likeness (QED) is 0.774. The number of hydrogen-bond acceptors (Lipinski definition) is 3. The molecule has 0 radical (unpaired) electrons. The van der Waals surface area contributed by atoms with Crippen LogP contribution in [-0.4, -0.2) is 37.6 Å². The van der Waals surface area contributed by atoms with Gasteiger partial charge in [-0.3, -0.25) is 4.79 Å². The summed E-state index contributed by atoms with van der Waals surface area (Å²) >= 11 is 0. The highest BCUT2D eigenvalue weighted by molar-refractivity contribution is 5.73. The van der Waals surface area contributed by atoms with Crippen LogP contribution in [0.2, 0.25) is 0 Å². The summed E-state index contributed by atoms with van der Waals surface area (Å²) in [6.45, 7) is 1.56. The van der Waals surface area contributed by atoms with E-state index in [1.54, 1.807) is 18.2 Å². The molecule has 0 aliphatic rings. The van der Waals surface area contributed by atoms with Crippen LogP contribution >= 0.6 is 0 Å². The van der Waals surface area contributed by atoms with Gasteiger partial charge in [-0.25, -0.2) is 4.39 Å². The van der Waals surface area contributed by atoms with Crippen LogP contribution in [0.3, 0.4) is 0 Å². The Labute approximate surface area is 100 Å². The number of halogens is 1. The lowest BCUT2D eigenvalue weighted by molar-refractivity contribution is -0.118. The Hall–Kier alpha value is -1.62. The number of likely N-dealkylation sites (N-methyl/N-ethyl adjacent to an activating group) is 1. The summed E-state index contributed by atoms with van der Waals surface area (Å²) < 4.78 is 18.4. The lowest BCUT2D eigenvalue weighted by Crippen LogP contribution is -2.28. The van der Waals surface area contributed by atoms with Gasteiger partial charge in [0.15, 0.2) is 11.6 Å². The summed E-state index contributed by atoms with van der Waals surface area (Å²) in [6, 6.07) is 6.27. The number of amides is 1. The predicted octanol–water partition coefficient (Wildman–Crippen LogP) is 1.01. The van der Waals surface area contributed by atoms with Gasteiger partial charge >= 0.3 is 0 Å². The molecule has 0 atom stereocenters. The highest BCUT2D eigenvalue weighted by Crippen LogP contribution is 2.14. The summed E-state index contributed by atoms with van der Waals surface area (Å²) in [5, 5.41) is 0. The average molecular weight is 240 g/mol. The molecule has 0 saturated carbocycles. The van der Waals surface area contributed by atoms with Crippen molar-refractivity contribution >= 4 is 5.91 Å². The zero-order valence-corrected chi connectivity index (χ0v) is 9.86. The number of nitrogens with zero attached hydrogens (tertiary/aromatic N) is 1. The molecule has 0 aliphatic carbocycles. The zero-order chi connectivity index (χ0) is 12.7. The van der Waals surface area contributed by atoms with Crippen LogP contribution < -0.4 is 10.5 Å². The van der Waals surface area contributed by atoms with Crippen molar-refractivity contribution in [1.29, 1.82) is 0 Å². The average Bonchev–Trinajstić information content (AvgIpc) is 2.29. The van der Waals surface area contributed by atoms with E-state index in [9.17, 15) is 9.18 Å². The number of nitrogens with two attached hydrogens (primary N) is 1. The van der Waals surface area contributed by atoms with Gasteiger partial charge in [0, 0.05) is 19.5 Å². The number of carbonyl (C=O) groups excluding carboxylic acids is 1. The highest BCUT2D eigenvalue weighted by atomic mass is 19.1. The number of hydrogen-bond donors (Lipinski definition) is 1. The first-order chi connectivity index (χ1) is 8.09. The van der Waals surface area contributed by atoms with E-state index < -0.39 is 0 Å². The van der Waals surface area contributed by atoms with Crippen LogP contribution in [0.15, 0.2) is 24.3 Å². The van der Waals surface area contributed by atoms with Gasteiger partial charge in [0.2, 0.25) is 5.91 Å². The van der Waals surface area contributed by atoms with E-state index in [1.165, 1.54) is 6.07 Å². The van der Waals surface area contributed by atoms with Gasteiger partial charge in [-0.15, -0.1) is 0 Å². The third-order valence-corrected chi connectivity index (χ3v) is 2.31. The molecule has 0 spiro atoms. The van der Waals surface area contributed by atoms with Crippen molar-refractivity contribution < 1.29 is 13.9 Å².